The fourth-order valence-electron chi connectivity index (χ4n) is 2.88. The molecule has 0 unspecified atom stereocenters. The van der Waals surface area contributed by atoms with E-state index in [0.29, 0.717) is 6.54 Å². The van der Waals surface area contributed by atoms with Gasteiger partial charge in [-0.2, -0.15) is 5.10 Å². The quantitative estimate of drug-likeness (QED) is 0.438. The predicted octanol–water partition coefficient (Wildman–Crippen LogP) is 0.814. The van der Waals surface area contributed by atoms with Crippen molar-refractivity contribution in [3.8, 4) is 0 Å². The lowest BCUT2D eigenvalue weighted by molar-refractivity contribution is 0.0376. The maximum atomic E-state index is 5.38. The van der Waals surface area contributed by atoms with Crippen LogP contribution in [0, 0.1) is 13.8 Å². The summed E-state index contributed by atoms with van der Waals surface area (Å²) in [5.74, 6) is 0.877. The van der Waals surface area contributed by atoms with Gasteiger partial charge in [-0.3, -0.25) is 9.58 Å². The molecule has 1 aromatic heterocycles. The third-order valence-corrected chi connectivity index (χ3v) is 4.45. The van der Waals surface area contributed by atoms with Crippen LogP contribution in [0.1, 0.15) is 30.3 Å². The van der Waals surface area contributed by atoms with Crippen molar-refractivity contribution >= 4 is 5.96 Å². The molecule has 0 atom stereocenters. The highest BCUT2D eigenvalue weighted by atomic mass is 16.5. The maximum Gasteiger partial charge on any atom is 0.191 e. The first-order valence-electron chi connectivity index (χ1n) is 8.93. The molecule has 1 fully saturated rings. The molecule has 0 saturated carbocycles. The minimum atomic E-state index is 0.657. The summed E-state index contributed by atoms with van der Waals surface area (Å²) in [6, 6.07) is 0. The van der Waals surface area contributed by atoms with E-state index in [1.807, 2.05) is 18.7 Å². The summed E-state index contributed by atoms with van der Waals surface area (Å²) in [5, 5.41) is 11.2. The van der Waals surface area contributed by atoms with Gasteiger partial charge in [0.1, 0.15) is 0 Å². The number of aryl methyl sites for hydroxylation is 2. The van der Waals surface area contributed by atoms with Gasteiger partial charge in [0.2, 0.25) is 0 Å². The molecule has 1 saturated heterocycles. The Morgan fingerprint density at radius 3 is 2.62 bits per heavy atom. The highest BCUT2D eigenvalue weighted by molar-refractivity contribution is 5.79. The van der Waals surface area contributed by atoms with E-state index in [-0.39, 0.29) is 0 Å². The summed E-state index contributed by atoms with van der Waals surface area (Å²) < 4.78 is 7.30. The molecule has 0 aliphatic carbocycles. The van der Waals surface area contributed by atoms with Crippen molar-refractivity contribution in [3.05, 3.63) is 17.0 Å². The monoisotopic (exact) mass is 336 g/mol. The summed E-state index contributed by atoms with van der Waals surface area (Å²) in [5.41, 5.74) is 3.45. The van der Waals surface area contributed by atoms with Gasteiger partial charge < -0.3 is 15.4 Å². The van der Waals surface area contributed by atoms with Gasteiger partial charge in [0, 0.05) is 44.5 Å². The lowest BCUT2D eigenvalue weighted by atomic mass is 10.2. The summed E-state index contributed by atoms with van der Waals surface area (Å²) in [6.45, 7) is 13.6. The minimum absolute atomic E-state index is 0.657. The topological polar surface area (TPSA) is 66.7 Å². The Kier molecular flexibility index (Phi) is 7.52. The van der Waals surface area contributed by atoms with E-state index in [4.69, 9.17) is 9.73 Å². The van der Waals surface area contributed by atoms with Crippen molar-refractivity contribution in [3.63, 3.8) is 0 Å². The Morgan fingerprint density at radius 2 is 2.00 bits per heavy atom. The highest BCUT2D eigenvalue weighted by Crippen LogP contribution is 2.12. The van der Waals surface area contributed by atoms with Crippen LogP contribution in [0.3, 0.4) is 0 Å². The lowest BCUT2D eigenvalue weighted by Crippen LogP contribution is -2.40. The van der Waals surface area contributed by atoms with Crippen molar-refractivity contribution in [2.24, 2.45) is 12.0 Å². The van der Waals surface area contributed by atoms with Gasteiger partial charge in [-0.1, -0.05) is 0 Å². The zero-order valence-corrected chi connectivity index (χ0v) is 15.6. The first kappa shape index (κ1) is 18.7. The number of morpholine rings is 1. The summed E-state index contributed by atoms with van der Waals surface area (Å²) in [4.78, 5) is 7.17. The van der Waals surface area contributed by atoms with Crippen molar-refractivity contribution in [1.29, 1.82) is 0 Å². The first-order chi connectivity index (χ1) is 11.6. The second-order valence-electron chi connectivity index (χ2n) is 6.20. The smallest absolute Gasteiger partial charge is 0.191 e. The second kappa shape index (κ2) is 9.64. The van der Waals surface area contributed by atoms with Crippen LogP contribution in [0.15, 0.2) is 4.99 Å². The molecule has 1 aliphatic rings. The van der Waals surface area contributed by atoms with Crippen molar-refractivity contribution in [2.75, 3.05) is 45.9 Å². The molecule has 2 N–H and O–H groups in total. The molecule has 7 nitrogen and oxygen atoms in total. The number of guanidine groups is 1. The first-order valence-corrected chi connectivity index (χ1v) is 8.93. The van der Waals surface area contributed by atoms with Crippen molar-refractivity contribution < 1.29 is 4.74 Å². The second-order valence-corrected chi connectivity index (χ2v) is 6.20. The Labute approximate surface area is 145 Å². The van der Waals surface area contributed by atoms with Crippen LogP contribution < -0.4 is 10.6 Å². The standard InChI is InChI=1S/C17H32N6O/c1-5-18-17(19-7-6-8-23-9-11-24-12-10-23)20-13-16-14(2)21-22(4)15(16)3/h5-13H2,1-4H3,(H2,18,19,20). The van der Waals surface area contributed by atoms with Gasteiger partial charge >= 0.3 is 0 Å². The molecule has 0 radical (unpaired) electrons. The Balaban J connectivity index is 1.79. The molecule has 0 aromatic carbocycles. The van der Waals surface area contributed by atoms with Gasteiger partial charge in [0.25, 0.3) is 0 Å². The predicted molar refractivity (Wildman–Crippen MR) is 97.4 cm³/mol. The fraction of sp³-hybridized carbons (Fsp3) is 0.765. The van der Waals surface area contributed by atoms with E-state index in [2.05, 4.69) is 34.5 Å². The number of aromatic nitrogens is 2. The molecule has 2 heterocycles. The zero-order chi connectivity index (χ0) is 17.4. The molecule has 24 heavy (non-hydrogen) atoms. The van der Waals surface area contributed by atoms with Crippen LogP contribution in [-0.4, -0.2) is 66.6 Å². The van der Waals surface area contributed by atoms with E-state index in [1.54, 1.807) is 0 Å². The van der Waals surface area contributed by atoms with Crippen molar-refractivity contribution in [2.45, 2.75) is 33.7 Å². The van der Waals surface area contributed by atoms with E-state index >= 15 is 0 Å². The van der Waals surface area contributed by atoms with E-state index in [9.17, 15) is 0 Å². The third kappa shape index (κ3) is 5.49. The number of hydrogen-bond donors (Lipinski definition) is 2. The number of rotatable bonds is 7. The lowest BCUT2D eigenvalue weighted by Gasteiger charge is -2.26. The average Bonchev–Trinajstić information content (AvgIpc) is 2.82. The average molecular weight is 336 g/mol. The summed E-state index contributed by atoms with van der Waals surface area (Å²) in [7, 11) is 1.98. The Hall–Kier alpha value is -1.60. The highest BCUT2D eigenvalue weighted by Gasteiger charge is 2.10. The van der Waals surface area contributed by atoms with Gasteiger partial charge in [-0.15, -0.1) is 0 Å². The number of nitrogens with one attached hydrogen (secondary N) is 2. The number of nitrogens with zero attached hydrogens (tertiary/aromatic N) is 4. The van der Waals surface area contributed by atoms with Crippen LogP contribution in [0.5, 0.6) is 0 Å². The van der Waals surface area contributed by atoms with Crippen LogP contribution in [0.2, 0.25) is 0 Å². The van der Waals surface area contributed by atoms with Crippen LogP contribution in [0.25, 0.3) is 0 Å². The minimum Gasteiger partial charge on any atom is -0.379 e. The van der Waals surface area contributed by atoms with Crippen LogP contribution >= 0.6 is 0 Å². The summed E-state index contributed by atoms with van der Waals surface area (Å²) in [6.07, 6.45) is 1.11. The molecule has 0 amide bonds. The molecular formula is C17H32N6O. The Morgan fingerprint density at radius 1 is 1.25 bits per heavy atom. The molecule has 7 heteroatoms. The molecule has 0 spiro atoms. The number of ether oxygens (including phenoxy) is 1. The van der Waals surface area contributed by atoms with Crippen molar-refractivity contribution in [1.82, 2.24) is 25.3 Å². The van der Waals surface area contributed by atoms with Gasteiger partial charge in [0.05, 0.1) is 25.5 Å². The zero-order valence-electron chi connectivity index (χ0n) is 15.6. The van der Waals surface area contributed by atoms with Gasteiger partial charge in [-0.25, -0.2) is 4.99 Å². The Bertz CT molecular complexity index is 533. The van der Waals surface area contributed by atoms with E-state index in [0.717, 1.165) is 64.0 Å². The maximum absolute atomic E-state index is 5.38. The van der Waals surface area contributed by atoms with E-state index in [1.165, 1.54) is 11.3 Å². The van der Waals surface area contributed by atoms with Gasteiger partial charge in [0.15, 0.2) is 5.96 Å². The number of hydrogen-bond acceptors (Lipinski definition) is 4. The fourth-order valence-corrected chi connectivity index (χ4v) is 2.88. The van der Waals surface area contributed by atoms with Crippen LogP contribution in [0.4, 0.5) is 0 Å². The van der Waals surface area contributed by atoms with Crippen LogP contribution in [-0.2, 0) is 18.3 Å². The third-order valence-electron chi connectivity index (χ3n) is 4.45. The molecule has 2 rings (SSSR count). The molecule has 1 aromatic rings. The normalized spacial score (nSPS) is 16.4. The molecule has 136 valence electrons. The summed E-state index contributed by atoms with van der Waals surface area (Å²) >= 11 is 0. The largest absolute Gasteiger partial charge is 0.379 e. The van der Waals surface area contributed by atoms with E-state index < -0.39 is 0 Å². The molecule has 0 bridgehead atoms. The molecule has 1 aliphatic heterocycles. The molecular weight excluding hydrogens is 304 g/mol. The number of aliphatic imine (C=N–C) groups is 1. The van der Waals surface area contributed by atoms with Gasteiger partial charge in [-0.05, 0) is 33.7 Å². The SMILES string of the molecule is CCNC(=NCc1c(C)nn(C)c1C)NCCCN1CCOCC1.